The van der Waals surface area contributed by atoms with Gasteiger partial charge in [0.05, 0.1) is 5.69 Å². The van der Waals surface area contributed by atoms with E-state index in [9.17, 15) is 0 Å². The summed E-state index contributed by atoms with van der Waals surface area (Å²) >= 11 is 0. The molecule has 98 valence electrons. The molecule has 0 aromatic carbocycles. The van der Waals surface area contributed by atoms with Crippen molar-refractivity contribution in [3.8, 4) is 0 Å². The van der Waals surface area contributed by atoms with Gasteiger partial charge in [-0.2, -0.15) is 0 Å². The van der Waals surface area contributed by atoms with Crippen LogP contribution in [0.25, 0.3) is 0 Å². The number of hydrogen-bond donors (Lipinski definition) is 0. The number of hydrogen-bond acceptors (Lipinski definition) is 5. The van der Waals surface area contributed by atoms with Crippen LogP contribution in [0.1, 0.15) is 29.4 Å². The van der Waals surface area contributed by atoms with Crippen molar-refractivity contribution in [1.29, 1.82) is 0 Å². The van der Waals surface area contributed by atoms with Crippen molar-refractivity contribution in [2.45, 2.75) is 26.2 Å². The van der Waals surface area contributed by atoms with E-state index in [2.05, 4.69) is 24.8 Å². The van der Waals surface area contributed by atoms with E-state index in [0.717, 1.165) is 42.5 Å². The summed E-state index contributed by atoms with van der Waals surface area (Å²) in [4.78, 5) is 19.8. The summed E-state index contributed by atoms with van der Waals surface area (Å²) < 4.78 is 0. The second kappa shape index (κ2) is 4.91. The molecule has 1 atom stereocenters. The van der Waals surface area contributed by atoms with Gasteiger partial charge < -0.3 is 4.90 Å². The molecule has 5 nitrogen and oxygen atoms in total. The Morgan fingerprint density at radius 3 is 2.63 bits per heavy atom. The Morgan fingerprint density at radius 2 is 1.95 bits per heavy atom. The molecule has 2 aromatic heterocycles. The predicted molar refractivity (Wildman–Crippen MR) is 73.1 cm³/mol. The van der Waals surface area contributed by atoms with Crippen LogP contribution in [-0.4, -0.2) is 33.0 Å². The van der Waals surface area contributed by atoms with Gasteiger partial charge >= 0.3 is 0 Å². The molecule has 1 aliphatic rings. The molecule has 0 spiro atoms. The van der Waals surface area contributed by atoms with Crippen LogP contribution in [-0.2, 0) is 0 Å². The number of rotatable bonds is 2. The Morgan fingerprint density at radius 1 is 1.16 bits per heavy atom. The lowest BCUT2D eigenvalue weighted by Gasteiger charge is -2.17. The second-order valence-electron chi connectivity index (χ2n) is 5.01. The van der Waals surface area contributed by atoms with Crippen molar-refractivity contribution < 1.29 is 0 Å². The van der Waals surface area contributed by atoms with Crippen molar-refractivity contribution in [1.82, 2.24) is 19.9 Å². The van der Waals surface area contributed by atoms with Crippen LogP contribution in [0, 0.1) is 13.8 Å². The first-order chi connectivity index (χ1) is 9.22. The summed E-state index contributed by atoms with van der Waals surface area (Å²) in [6, 6.07) is 2.00. The Kier molecular flexibility index (Phi) is 3.11. The lowest BCUT2D eigenvalue weighted by atomic mass is 10.1. The van der Waals surface area contributed by atoms with Gasteiger partial charge in [0.2, 0.25) is 5.95 Å². The minimum absolute atomic E-state index is 0.429. The fraction of sp³-hybridized carbons (Fsp3) is 0.429. The van der Waals surface area contributed by atoms with Crippen molar-refractivity contribution in [3.05, 3.63) is 41.7 Å². The number of aromatic nitrogens is 4. The maximum absolute atomic E-state index is 4.52. The second-order valence-corrected chi connectivity index (χ2v) is 5.01. The van der Waals surface area contributed by atoms with Gasteiger partial charge in [0.25, 0.3) is 0 Å². The first-order valence-electron chi connectivity index (χ1n) is 6.55. The molecule has 1 unspecified atom stereocenters. The maximum atomic E-state index is 4.52. The highest BCUT2D eigenvalue weighted by molar-refractivity contribution is 5.35. The van der Waals surface area contributed by atoms with Gasteiger partial charge in [-0.3, -0.25) is 9.97 Å². The van der Waals surface area contributed by atoms with E-state index in [1.165, 1.54) is 0 Å². The molecule has 1 aliphatic heterocycles. The van der Waals surface area contributed by atoms with Crippen molar-refractivity contribution in [3.63, 3.8) is 0 Å². The molecule has 1 saturated heterocycles. The standard InChI is InChI=1S/C14H17N5/c1-10-7-11(2)18-14(17-10)19-6-3-12(9-19)13-8-15-4-5-16-13/h4-5,7-8,12H,3,6,9H2,1-2H3. The van der Waals surface area contributed by atoms with E-state index in [4.69, 9.17) is 0 Å². The Bertz CT molecular complexity index is 549. The fourth-order valence-corrected chi connectivity index (χ4v) is 2.55. The van der Waals surface area contributed by atoms with E-state index < -0.39 is 0 Å². The maximum Gasteiger partial charge on any atom is 0.225 e. The van der Waals surface area contributed by atoms with E-state index in [0.29, 0.717) is 5.92 Å². The van der Waals surface area contributed by atoms with Gasteiger partial charge in [-0.05, 0) is 26.3 Å². The lowest BCUT2D eigenvalue weighted by molar-refractivity contribution is 0.735. The van der Waals surface area contributed by atoms with E-state index in [-0.39, 0.29) is 0 Å². The molecule has 3 heterocycles. The van der Waals surface area contributed by atoms with Gasteiger partial charge in [-0.1, -0.05) is 0 Å². The van der Waals surface area contributed by atoms with Crippen molar-refractivity contribution in [2.24, 2.45) is 0 Å². The van der Waals surface area contributed by atoms with Crippen LogP contribution in [0.3, 0.4) is 0 Å². The Balaban J connectivity index is 1.79. The molecule has 3 rings (SSSR count). The van der Waals surface area contributed by atoms with Crippen molar-refractivity contribution in [2.75, 3.05) is 18.0 Å². The molecular formula is C14H17N5. The molecule has 1 fully saturated rings. The molecule has 0 N–H and O–H groups in total. The molecule has 19 heavy (non-hydrogen) atoms. The molecule has 0 amide bonds. The van der Waals surface area contributed by atoms with Gasteiger partial charge in [0, 0.05) is 49.0 Å². The third-order valence-corrected chi connectivity index (χ3v) is 3.44. The number of anilines is 1. The monoisotopic (exact) mass is 255 g/mol. The van der Waals surface area contributed by atoms with Crippen LogP contribution in [0.4, 0.5) is 5.95 Å². The summed E-state index contributed by atoms with van der Waals surface area (Å²) in [5.74, 6) is 1.27. The van der Waals surface area contributed by atoms with Crippen LogP contribution in [0.15, 0.2) is 24.7 Å². The van der Waals surface area contributed by atoms with E-state index >= 15 is 0 Å². The average molecular weight is 255 g/mol. The normalized spacial score (nSPS) is 18.8. The summed E-state index contributed by atoms with van der Waals surface area (Å²) in [6.07, 6.45) is 6.40. The van der Waals surface area contributed by atoms with E-state index in [1.807, 2.05) is 26.1 Å². The number of aryl methyl sites for hydroxylation is 2. The first kappa shape index (κ1) is 12.0. The molecular weight excluding hydrogens is 238 g/mol. The molecule has 0 radical (unpaired) electrons. The smallest absolute Gasteiger partial charge is 0.225 e. The van der Waals surface area contributed by atoms with Crippen LogP contribution in [0.5, 0.6) is 0 Å². The zero-order chi connectivity index (χ0) is 13.2. The molecule has 0 bridgehead atoms. The summed E-state index contributed by atoms with van der Waals surface area (Å²) in [7, 11) is 0. The zero-order valence-corrected chi connectivity index (χ0v) is 11.2. The van der Waals surface area contributed by atoms with Gasteiger partial charge in [-0.25, -0.2) is 9.97 Å². The minimum Gasteiger partial charge on any atom is -0.340 e. The zero-order valence-electron chi connectivity index (χ0n) is 11.2. The van der Waals surface area contributed by atoms with Crippen LogP contribution in [0.2, 0.25) is 0 Å². The lowest BCUT2D eigenvalue weighted by Crippen LogP contribution is -2.22. The Hall–Kier alpha value is -2.04. The topological polar surface area (TPSA) is 54.8 Å². The highest BCUT2D eigenvalue weighted by Gasteiger charge is 2.26. The van der Waals surface area contributed by atoms with Crippen LogP contribution < -0.4 is 4.90 Å². The third-order valence-electron chi connectivity index (χ3n) is 3.44. The summed E-state index contributed by atoms with van der Waals surface area (Å²) in [5, 5.41) is 0. The van der Waals surface area contributed by atoms with Crippen molar-refractivity contribution >= 4 is 5.95 Å². The number of nitrogens with zero attached hydrogens (tertiary/aromatic N) is 5. The predicted octanol–water partition coefficient (Wildman–Crippen LogP) is 1.88. The van der Waals surface area contributed by atoms with Gasteiger partial charge in [0.1, 0.15) is 0 Å². The largest absolute Gasteiger partial charge is 0.340 e. The van der Waals surface area contributed by atoms with Gasteiger partial charge in [0.15, 0.2) is 0 Å². The summed E-state index contributed by atoms with van der Waals surface area (Å²) in [5.41, 5.74) is 3.10. The molecule has 2 aromatic rings. The quantitative estimate of drug-likeness (QED) is 0.820. The highest BCUT2D eigenvalue weighted by atomic mass is 15.3. The van der Waals surface area contributed by atoms with Crippen LogP contribution >= 0.6 is 0 Å². The highest BCUT2D eigenvalue weighted by Crippen LogP contribution is 2.27. The van der Waals surface area contributed by atoms with E-state index in [1.54, 1.807) is 12.4 Å². The minimum atomic E-state index is 0.429. The fourth-order valence-electron chi connectivity index (χ4n) is 2.55. The molecule has 0 aliphatic carbocycles. The Labute approximate surface area is 112 Å². The third kappa shape index (κ3) is 2.54. The first-order valence-corrected chi connectivity index (χ1v) is 6.55. The van der Waals surface area contributed by atoms with Gasteiger partial charge in [-0.15, -0.1) is 0 Å². The molecule has 0 saturated carbocycles. The molecule has 5 heteroatoms. The summed E-state index contributed by atoms with van der Waals surface area (Å²) in [6.45, 7) is 5.91. The SMILES string of the molecule is Cc1cc(C)nc(N2CCC(c3cnccn3)C2)n1. The average Bonchev–Trinajstić information content (AvgIpc) is 2.88.